The number of rotatable bonds is 10. The van der Waals surface area contributed by atoms with Gasteiger partial charge in [0.2, 0.25) is 0 Å². The van der Waals surface area contributed by atoms with E-state index in [1.165, 1.54) is 0 Å². The Kier molecular flexibility index (Phi) is 7.93. The van der Waals surface area contributed by atoms with Crippen LogP contribution in [0.3, 0.4) is 0 Å². The van der Waals surface area contributed by atoms with E-state index in [1.807, 2.05) is 63.0 Å². The van der Waals surface area contributed by atoms with Gasteiger partial charge < -0.3 is 19.4 Å². The molecule has 0 aliphatic heterocycles. The number of aromatic nitrogens is 3. The molecule has 0 spiro atoms. The number of hydrogen-bond acceptors (Lipinski definition) is 4. The van der Waals surface area contributed by atoms with Crippen LogP contribution in [0, 0.1) is 0 Å². The third kappa shape index (κ3) is 5.60. The molecule has 1 atom stereocenters. The van der Waals surface area contributed by atoms with E-state index in [2.05, 4.69) is 39.7 Å². The van der Waals surface area contributed by atoms with E-state index >= 15 is 0 Å². The molecule has 4 aromatic rings. The predicted octanol–water partition coefficient (Wildman–Crippen LogP) is 5.82. The molecule has 1 N–H and O–H groups in total. The second-order valence-corrected chi connectivity index (χ2v) is 9.71. The molecule has 6 nitrogen and oxygen atoms in total. The SMILES string of the molecule is CCCN(CCC)c1cnc2[nH]cc(-c3ccn([C@H](CN(C)C)c4cccc(Cl)c4)c(=O)c3)c2c1. The number of hydrogen-bond donors (Lipinski definition) is 1. The van der Waals surface area contributed by atoms with Crippen LogP contribution >= 0.6 is 11.6 Å². The molecule has 7 heteroatoms. The minimum Gasteiger partial charge on any atom is -0.370 e. The average Bonchev–Trinajstić information content (AvgIpc) is 3.26. The molecule has 4 rings (SSSR count). The first-order valence-electron chi connectivity index (χ1n) is 12.3. The maximum atomic E-state index is 13.4. The van der Waals surface area contributed by atoms with Crippen LogP contribution in [0.2, 0.25) is 5.02 Å². The number of halogens is 1. The molecule has 1 aromatic carbocycles. The summed E-state index contributed by atoms with van der Waals surface area (Å²) in [5.74, 6) is 0. The third-order valence-corrected chi connectivity index (χ3v) is 6.47. The number of nitrogens with zero attached hydrogens (tertiary/aromatic N) is 4. The van der Waals surface area contributed by atoms with Crippen LogP contribution in [0.4, 0.5) is 5.69 Å². The van der Waals surface area contributed by atoms with E-state index in [-0.39, 0.29) is 11.6 Å². The molecule has 0 fully saturated rings. The van der Waals surface area contributed by atoms with E-state index < -0.39 is 0 Å². The largest absolute Gasteiger partial charge is 0.370 e. The fourth-order valence-corrected chi connectivity index (χ4v) is 4.84. The van der Waals surface area contributed by atoms with Crippen molar-refractivity contribution in [3.05, 3.63) is 82.0 Å². The molecule has 0 saturated heterocycles. The van der Waals surface area contributed by atoms with E-state index in [0.29, 0.717) is 11.6 Å². The molecule has 0 bridgehead atoms. The number of aromatic amines is 1. The zero-order chi connectivity index (χ0) is 24.9. The number of H-pyrrole nitrogens is 1. The Labute approximate surface area is 212 Å². The second kappa shape index (κ2) is 11.1. The number of likely N-dealkylation sites (N-methyl/N-ethyl adjacent to an activating group) is 1. The Morgan fingerprint density at radius 3 is 2.51 bits per heavy atom. The molecule has 35 heavy (non-hydrogen) atoms. The smallest absolute Gasteiger partial charge is 0.251 e. The Bertz CT molecular complexity index is 1340. The lowest BCUT2D eigenvalue weighted by molar-refractivity contribution is 0.346. The Balaban J connectivity index is 1.74. The van der Waals surface area contributed by atoms with E-state index in [9.17, 15) is 4.79 Å². The van der Waals surface area contributed by atoms with Gasteiger partial charge >= 0.3 is 0 Å². The van der Waals surface area contributed by atoms with Crippen LogP contribution in [0.1, 0.15) is 38.3 Å². The Hall–Kier alpha value is -3.09. The first-order valence-corrected chi connectivity index (χ1v) is 12.6. The highest BCUT2D eigenvalue weighted by Crippen LogP contribution is 2.30. The van der Waals surface area contributed by atoms with Gasteiger partial charge in [0.25, 0.3) is 5.56 Å². The molecular formula is C28H34ClN5O. The highest BCUT2D eigenvalue weighted by Gasteiger charge is 2.18. The van der Waals surface area contributed by atoms with Gasteiger partial charge in [0.15, 0.2) is 0 Å². The summed E-state index contributed by atoms with van der Waals surface area (Å²) in [4.78, 5) is 25.8. The van der Waals surface area contributed by atoms with Gasteiger partial charge in [-0.05, 0) is 62.3 Å². The van der Waals surface area contributed by atoms with Crippen molar-refractivity contribution in [2.75, 3.05) is 38.6 Å². The number of pyridine rings is 2. The number of fused-ring (bicyclic) bond motifs is 1. The van der Waals surface area contributed by atoms with Gasteiger partial charge in [0, 0.05) is 54.1 Å². The molecule has 0 aliphatic carbocycles. The molecule has 0 aliphatic rings. The maximum Gasteiger partial charge on any atom is 0.251 e. The molecule has 3 heterocycles. The van der Waals surface area contributed by atoms with Crippen LogP contribution in [0.25, 0.3) is 22.2 Å². The van der Waals surface area contributed by atoms with Gasteiger partial charge in [0.1, 0.15) is 5.65 Å². The lowest BCUT2D eigenvalue weighted by Gasteiger charge is -2.24. The summed E-state index contributed by atoms with van der Waals surface area (Å²) < 4.78 is 1.79. The normalized spacial score (nSPS) is 12.4. The van der Waals surface area contributed by atoms with E-state index in [1.54, 1.807) is 10.6 Å². The highest BCUT2D eigenvalue weighted by atomic mass is 35.5. The lowest BCUT2D eigenvalue weighted by atomic mass is 10.0. The van der Waals surface area contributed by atoms with Crippen LogP contribution in [-0.2, 0) is 0 Å². The quantitative estimate of drug-likeness (QED) is 0.303. The summed E-state index contributed by atoms with van der Waals surface area (Å²) >= 11 is 6.26. The van der Waals surface area contributed by atoms with E-state index in [0.717, 1.165) is 59.3 Å². The predicted molar refractivity (Wildman–Crippen MR) is 147 cm³/mol. The van der Waals surface area contributed by atoms with Crippen LogP contribution in [-0.4, -0.2) is 53.2 Å². The minimum absolute atomic E-state index is 0.0496. The van der Waals surface area contributed by atoms with Gasteiger partial charge in [0.05, 0.1) is 17.9 Å². The van der Waals surface area contributed by atoms with Crippen LogP contribution < -0.4 is 10.5 Å². The summed E-state index contributed by atoms with van der Waals surface area (Å²) in [6.07, 6.45) is 7.93. The van der Waals surface area contributed by atoms with Gasteiger partial charge in [-0.15, -0.1) is 0 Å². The van der Waals surface area contributed by atoms with Crippen molar-refractivity contribution >= 4 is 28.3 Å². The summed E-state index contributed by atoms with van der Waals surface area (Å²) in [7, 11) is 4.02. The van der Waals surface area contributed by atoms with Gasteiger partial charge in [-0.3, -0.25) is 4.79 Å². The van der Waals surface area contributed by atoms with Crippen molar-refractivity contribution in [1.82, 2.24) is 19.4 Å². The van der Waals surface area contributed by atoms with Crippen molar-refractivity contribution < 1.29 is 0 Å². The molecule has 3 aromatic heterocycles. The average molecular weight is 492 g/mol. The van der Waals surface area contributed by atoms with Crippen molar-refractivity contribution in [3.63, 3.8) is 0 Å². The maximum absolute atomic E-state index is 13.4. The minimum atomic E-state index is -0.141. The number of benzene rings is 1. The van der Waals surface area contributed by atoms with Crippen molar-refractivity contribution in [2.24, 2.45) is 0 Å². The summed E-state index contributed by atoms with van der Waals surface area (Å²) in [5.41, 5.74) is 4.76. The van der Waals surface area contributed by atoms with Gasteiger partial charge in [-0.2, -0.15) is 0 Å². The molecule has 0 amide bonds. The summed E-state index contributed by atoms with van der Waals surface area (Å²) in [5, 5.41) is 1.69. The summed E-state index contributed by atoms with van der Waals surface area (Å²) in [6, 6.07) is 13.5. The van der Waals surface area contributed by atoms with E-state index in [4.69, 9.17) is 11.6 Å². The number of nitrogens with one attached hydrogen (secondary N) is 1. The zero-order valence-corrected chi connectivity index (χ0v) is 21.7. The van der Waals surface area contributed by atoms with Crippen molar-refractivity contribution in [2.45, 2.75) is 32.7 Å². The topological polar surface area (TPSA) is 57.2 Å². The first-order chi connectivity index (χ1) is 16.9. The molecule has 0 saturated carbocycles. The third-order valence-electron chi connectivity index (χ3n) is 6.24. The molecule has 184 valence electrons. The van der Waals surface area contributed by atoms with Crippen LogP contribution in [0.5, 0.6) is 0 Å². The highest BCUT2D eigenvalue weighted by molar-refractivity contribution is 6.30. The number of anilines is 1. The first kappa shape index (κ1) is 25.0. The van der Waals surface area contributed by atoms with Crippen molar-refractivity contribution in [1.29, 1.82) is 0 Å². The van der Waals surface area contributed by atoms with Crippen molar-refractivity contribution in [3.8, 4) is 11.1 Å². The van der Waals surface area contributed by atoms with Gasteiger partial charge in [-0.25, -0.2) is 4.98 Å². The molecule has 0 radical (unpaired) electrons. The zero-order valence-electron chi connectivity index (χ0n) is 21.0. The Morgan fingerprint density at radius 1 is 1.09 bits per heavy atom. The molecular weight excluding hydrogens is 458 g/mol. The lowest BCUT2D eigenvalue weighted by Crippen LogP contribution is -2.32. The second-order valence-electron chi connectivity index (χ2n) is 9.27. The Morgan fingerprint density at radius 2 is 1.86 bits per heavy atom. The monoisotopic (exact) mass is 491 g/mol. The molecule has 0 unspecified atom stereocenters. The fourth-order valence-electron chi connectivity index (χ4n) is 4.64. The standard InChI is InChI=1S/C28H34ClN5O/c1-5-11-33(12-6-2)23-16-24-25(18-31-28(24)30-17-23)20-10-13-34(27(35)15-20)26(19-32(3)4)21-8-7-9-22(29)14-21/h7-10,13-18,26H,5-6,11-12,19H2,1-4H3,(H,30,31)/t26-/m1/s1. The van der Waals surface area contributed by atoms with Gasteiger partial charge in [-0.1, -0.05) is 37.6 Å². The summed E-state index contributed by atoms with van der Waals surface area (Å²) in [6.45, 7) is 7.06. The van der Waals surface area contributed by atoms with Crippen LogP contribution in [0.15, 0.2) is 65.8 Å². The fraction of sp³-hybridized carbons (Fsp3) is 0.357.